The van der Waals surface area contributed by atoms with Gasteiger partial charge in [0, 0.05) is 22.4 Å². The van der Waals surface area contributed by atoms with Gasteiger partial charge in [-0.2, -0.15) is 0 Å². The highest BCUT2D eigenvalue weighted by Crippen LogP contribution is 2.44. The highest BCUT2D eigenvalue weighted by Gasteiger charge is 2.48. The van der Waals surface area contributed by atoms with Crippen LogP contribution >= 0.6 is 27.3 Å². The second-order valence-corrected chi connectivity index (χ2v) is 9.15. The quantitative estimate of drug-likeness (QED) is 0.160. The maximum absolute atomic E-state index is 13.2. The van der Waals surface area contributed by atoms with Crippen molar-refractivity contribution in [2.45, 2.75) is 13.0 Å². The number of ketones is 1. The minimum absolute atomic E-state index is 0.0286. The summed E-state index contributed by atoms with van der Waals surface area (Å²) in [6, 6.07) is 9.16. The van der Waals surface area contributed by atoms with Crippen LogP contribution in [0.1, 0.15) is 32.5 Å². The fourth-order valence-electron chi connectivity index (χ4n) is 3.53. The number of halogens is 1. The molecule has 1 N–H and O–H groups in total. The van der Waals surface area contributed by atoms with E-state index in [1.165, 1.54) is 23.4 Å². The largest absolute Gasteiger partial charge is 0.507 e. The van der Waals surface area contributed by atoms with E-state index < -0.39 is 23.7 Å². The zero-order valence-corrected chi connectivity index (χ0v) is 20.3. The van der Waals surface area contributed by atoms with Gasteiger partial charge in [-0.25, -0.2) is 9.78 Å². The Morgan fingerprint density at radius 1 is 1.24 bits per heavy atom. The summed E-state index contributed by atoms with van der Waals surface area (Å²) < 4.78 is 5.91. The molecule has 1 aromatic carbocycles. The van der Waals surface area contributed by atoms with E-state index in [1.807, 2.05) is 0 Å². The van der Waals surface area contributed by atoms with Gasteiger partial charge < -0.3 is 9.84 Å². The molecule has 3 aromatic rings. The molecule has 0 saturated carbocycles. The Kier molecular flexibility index (Phi) is 6.71. The van der Waals surface area contributed by atoms with Crippen molar-refractivity contribution in [2.75, 3.05) is 11.5 Å². The van der Waals surface area contributed by atoms with E-state index in [0.29, 0.717) is 16.8 Å². The Hall–Kier alpha value is -3.63. The minimum Gasteiger partial charge on any atom is -0.507 e. The number of carbonyl (C=O) groups excluding carboxylic acids is 3. The lowest BCUT2D eigenvalue weighted by Gasteiger charge is -2.23. The summed E-state index contributed by atoms with van der Waals surface area (Å²) in [5.41, 5.74) is 1.21. The number of carbonyl (C=O) groups is 3. The molecule has 8 nitrogen and oxygen atoms in total. The lowest BCUT2D eigenvalue weighted by Crippen LogP contribution is -2.29. The van der Waals surface area contributed by atoms with Crippen LogP contribution in [0.15, 0.2) is 71.5 Å². The maximum atomic E-state index is 13.2. The number of benzene rings is 1. The van der Waals surface area contributed by atoms with Gasteiger partial charge in [0.05, 0.1) is 17.3 Å². The lowest BCUT2D eigenvalue weighted by atomic mass is 9.96. The lowest BCUT2D eigenvalue weighted by molar-refractivity contribution is -0.132. The van der Waals surface area contributed by atoms with E-state index in [2.05, 4.69) is 32.5 Å². The van der Waals surface area contributed by atoms with Gasteiger partial charge in [0.25, 0.3) is 5.78 Å². The van der Waals surface area contributed by atoms with E-state index in [-0.39, 0.29) is 27.9 Å². The van der Waals surface area contributed by atoms with Crippen LogP contribution < -0.4 is 4.90 Å². The van der Waals surface area contributed by atoms with Gasteiger partial charge in [-0.05, 0) is 36.8 Å². The van der Waals surface area contributed by atoms with Gasteiger partial charge in [0.2, 0.25) is 0 Å². The Bertz CT molecular complexity index is 1320. The van der Waals surface area contributed by atoms with E-state index >= 15 is 0 Å². The topological polar surface area (TPSA) is 110 Å². The number of amides is 1. The molecule has 172 valence electrons. The molecule has 3 heterocycles. The highest BCUT2D eigenvalue weighted by molar-refractivity contribution is 9.10. The van der Waals surface area contributed by atoms with E-state index in [9.17, 15) is 19.5 Å². The third-order valence-electron chi connectivity index (χ3n) is 5.09. The van der Waals surface area contributed by atoms with Gasteiger partial charge in [0.1, 0.15) is 17.2 Å². The average Bonchev–Trinajstić information content (AvgIpc) is 3.35. The van der Waals surface area contributed by atoms with Gasteiger partial charge >= 0.3 is 11.9 Å². The van der Waals surface area contributed by atoms with E-state index in [4.69, 9.17) is 4.74 Å². The molecule has 1 aliphatic rings. The second-order valence-electron chi connectivity index (χ2n) is 7.25. The Balaban J connectivity index is 1.88. The van der Waals surface area contributed by atoms with Crippen LogP contribution in [0.4, 0.5) is 5.13 Å². The van der Waals surface area contributed by atoms with Crippen molar-refractivity contribution < 1.29 is 24.2 Å². The van der Waals surface area contributed by atoms with Gasteiger partial charge in [-0.3, -0.25) is 19.5 Å². The molecule has 1 atom stereocenters. The molecule has 34 heavy (non-hydrogen) atoms. The molecular weight excluding hydrogens is 522 g/mol. The van der Waals surface area contributed by atoms with Crippen molar-refractivity contribution in [3.63, 3.8) is 0 Å². The molecule has 0 bridgehead atoms. The maximum Gasteiger partial charge on any atom is 0.350 e. The number of thiazole rings is 1. The zero-order chi connectivity index (χ0) is 24.4. The zero-order valence-electron chi connectivity index (χ0n) is 17.9. The third-order valence-corrected chi connectivity index (χ3v) is 6.76. The first-order valence-corrected chi connectivity index (χ1v) is 11.7. The monoisotopic (exact) mass is 539 g/mol. The van der Waals surface area contributed by atoms with Crippen LogP contribution in [0.3, 0.4) is 0 Å². The average molecular weight is 540 g/mol. The van der Waals surface area contributed by atoms with Crippen molar-refractivity contribution >= 4 is 55.8 Å². The molecule has 2 aromatic heterocycles. The third kappa shape index (κ3) is 4.29. The van der Waals surface area contributed by atoms with Crippen LogP contribution in [0.2, 0.25) is 0 Å². The van der Waals surface area contributed by atoms with E-state index in [0.717, 1.165) is 15.8 Å². The van der Waals surface area contributed by atoms with Crippen molar-refractivity contribution in [2.24, 2.45) is 0 Å². The number of hydrogen-bond donors (Lipinski definition) is 1. The van der Waals surface area contributed by atoms with Crippen LogP contribution in [-0.4, -0.2) is 39.3 Å². The van der Waals surface area contributed by atoms with Crippen LogP contribution in [0.5, 0.6) is 0 Å². The first-order valence-electron chi connectivity index (χ1n) is 10.1. The molecule has 0 aliphatic carbocycles. The summed E-state index contributed by atoms with van der Waals surface area (Å²) in [4.78, 5) is 48.5. The van der Waals surface area contributed by atoms with Crippen LogP contribution in [0.25, 0.3) is 5.76 Å². The number of aliphatic hydroxyl groups is 1. The number of rotatable bonds is 6. The summed E-state index contributed by atoms with van der Waals surface area (Å²) >= 11 is 4.33. The predicted octanol–water partition coefficient (Wildman–Crippen LogP) is 4.58. The molecular formula is C24H18BrN3O5S. The fourth-order valence-corrected chi connectivity index (χ4v) is 4.78. The SMILES string of the molecule is C=CCOC(=O)c1sc(N2C(=O)C(=O)/C(=C(/O)c3ccncc3)C2c2ccc(Br)cc2)nc1C. The Morgan fingerprint density at radius 2 is 1.91 bits per heavy atom. The normalized spacial score (nSPS) is 17.1. The number of anilines is 1. The number of ether oxygens (including phenoxy) is 1. The van der Waals surface area contributed by atoms with Crippen molar-refractivity contribution in [3.8, 4) is 0 Å². The predicted molar refractivity (Wildman–Crippen MR) is 130 cm³/mol. The Morgan fingerprint density at radius 3 is 2.56 bits per heavy atom. The molecule has 1 aliphatic heterocycles. The van der Waals surface area contributed by atoms with Gasteiger partial charge in [0.15, 0.2) is 5.13 Å². The van der Waals surface area contributed by atoms with Gasteiger partial charge in [-0.1, -0.05) is 52.1 Å². The Labute approximate surface area is 207 Å². The summed E-state index contributed by atoms with van der Waals surface area (Å²) in [7, 11) is 0. The summed E-state index contributed by atoms with van der Waals surface area (Å²) in [5.74, 6) is -2.64. The smallest absolute Gasteiger partial charge is 0.350 e. The number of hydrogen-bond acceptors (Lipinski definition) is 8. The molecule has 1 unspecified atom stereocenters. The van der Waals surface area contributed by atoms with E-state index in [1.54, 1.807) is 43.3 Å². The van der Waals surface area contributed by atoms with Crippen LogP contribution in [0, 0.1) is 6.92 Å². The first-order chi connectivity index (χ1) is 16.3. The summed E-state index contributed by atoms with van der Waals surface area (Å²) in [5, 5.41) is 11.2. The molecule has 1 amide bonds. The van der Waals surface area contributed by atoms with Crippen molar-refractivity contribution in [1.82, 2.24) is 9.97 Å². The summed E-state index contributed by atoms with van der Waals surface area (Å²) in [6.07, 6.45) is 4.40. The number of aromatic nitrogens is 2. The van der Waals surface area contributed by atoms with Crippen molar-refractivity contribution in [1.29, 1.82) is 0 Å². The summed E-state index contributed by atoms with van der Waals surface area (Å²) in [6.45, 7) is 5.17. The number of Topliss-reactive ketones (excluding diaryl/α,β-unsaturated/α-hetero) is 1. The fraction of sp³-hybridized carbons (Fsp3) is 0.125. The number of nitrogens with zero attached hydrogens (tertiary/aromatic N) is 3. The molecule has 1 fully saturated rings. The highest BCUT2D eigenvalue weighted by atomic mass is 79.9. The number of pyridine rings is 1. The minimum atomic E-state index is -0.955. The number of aryl methyl sites for hydroxylation is 1. The first kappa shape index (κ1) is 23.5. The molecule has 0 spiro atoms. The molecule has 1 saturated heterocycles. The standard InChI is InChI=1S/C24H18BrN3O5S/c1-3-12-33-23(32)21-13(2)27-24(34-21)28-18(14-4-6-16(25)7-5-14)17(20(30)22(28)31)19(29)15-8-10-26-11-9-15/h3-11,18,29H,1,12H2,2H3/b19-17+. The number of aliphatic hydroxyl groups excluding tert-OH is 1. The van der Waals surface area contributed by atoms with Crippen LogP contribution in [-0.2, 0) is 14.3 Å². The molecule has 10 heteroatoms. The number of esters is 1. The van der Waals surface area contributed by atoms with Crippen molar-refractivity contribution in [3.05, 3.63) is 93.2 Å². The molecule has 4 rings (SSSR count). The van der Waals surface area contributed by atoms with Gasteiger partial charge in [-0.15, -0.1) is 0 Å². The second kappa shape index (κ2) is 9.70. The molecule has 0 radical (unpaired) electrons.